The fraction of sp³-hybridized carbons (Fsp3) is 0.409. The van der Waals surface area contributed by atoms with Crippen LogP contribution < -0.4 is 5.73 Å². The van der Waals surface area contributed by atoms with E-state index in [1.54, 1.807) is 12.5 Å². The minimum Gasteiger partial charge on any atom is -0.364 e. The number of carbonyl (C=O) groups is 1. The highest BCUT2D eigenvalue weighted by Gasteiger charge is 2.48. The molecule has 0 aromatic carbocycles. The van der Waals surface area contributed by atoms with E-state index in [-0.39, 0.29) is 5.41 Å². The highest BCUT2D eigenvalue weighted by atomic mass is 16.1. The molecule has 1 saturated carbocycles. The largest absolute Gasteiger partial charge is 0.364 e. The number of nitrogens with two attached hydrogens (primary N) is 1. The molecule has 0 spiro atoms. The normalized spacial score (nSPS) is 22.9. The molecule has 7 heteroatoms. The van der Waals surface area contributed by atoms with E-state index in [0.717, 1.165) is 60.3 Å². The smallest absolute Gasteiger partial charge is 0.267 e. The lowest BCUT2D eigenvalue weighted by Crippen LogP contribution is -2.43. The number of pyridine rings is 2. The first-order valence-electron chi connectivity index (χ1n) is 10.1. The van der Waals surface area contributed by atoms with Crippen LogP contribution in [0, 0.1) is 5.92 Å². The summed E-state index contributed by atoms with van der Waals surface area (Å²) in [5, 5.41) is 8.51. The van der Waals surface area contributed by atoms with Gasteiger partial charge in [-0.1, -0.05) is 6.92 Å². The molecule has 2 N–H and O–H groups in total. The van der Waals surface area contributed by atoms with Gasteiger partial charge < -0.3 is 10.3 Å². The number of primary amides is 1. The van der Waals surface area contributed by atoms with Gasteiger partial charge in [0.1, 0.15) is 17.8 Å². The fourth-order valence-electron chi connectivity index (χ4n) is 5.12. The number of amides is 1. The Balaban J connectivity index is 1.65. The van der Waals surface area contributed by atoms with Crippen molar-refractivity contribution >= 4 is 5.91 Å². The first-order chi connectivity index (χ1) is 14.0. The van der Waals surface area contributed by atoms with E-state index in [1.807, 2.05) is 17.8 Å². The van der Waals surface area contributed by atoms with Crippen LogP contribution in [0.3, 0.4) is 0 Å². The monoisotopic (exact) mass is 388 g/mol. The number of rotatable bonds is 4. The molecule has 3 aromatic rings. The van der Waals surface area contributed by atoms with Gasteiger partial charge in [-0.15, -0.1) is 10.2 Å². The van der Waals surface area contributed by atoms with Crippen molar-refractivity contribution in [3.05, 3.63) is 59.2 Å². The fourth-order valence-corrected chi connectivity index (χ4v) is 5.12. The van der Waals surface area contributed by atoms with Gasteiger partial charge >= 0.3 is 0 Å². The van der Waals surface area contributed by atoms with Gasteiger partial charge in [-0.3, -0.25) is 9.78 Å². The van der Waals surface area contributed by atoms with Gasteiger partial charge in [-0.25, -0.2) is 4.98 Å². The maximum absolute atomic E-state index is 12.1. The van der Waals surface area contributed by atoms with Crippen LogP contribution in [-0.4, -0.2) is 30.6 Å². The van der Waals surface area contributed by atoms with Crippen molar-refractivity contribution in [2.24, 2.45) is 18.7 Å². The first-order valence-corrected chi connectivity index (χ1v) is 10.1. The molecule has 2 aliphatic carbocycles. The zero-order chi connectivity index (χ0) is 20.2. The Morgan fingerprint density at radius 2 is 2.07 bits per heavy atom. The summed E-state index contributed by atoms with van der Waals surface area (Å²) in [4.78, 5) is 21.3. The molecule has 0 unspecified atom stereocenters. The topological polar surface area (TPSA) is 99.6 Å². The summed E-state index contributed by atoms with van der Waals surface area (Å²) < 4.78 is 1.99. The van der Waals surface area contributed by atoms with Crippen molar-refractivity contribution in [1.29, 1.82) is 0 Å². The van der Waals surface area contributed by atoms with Gasteiger partial charge in [-0.05, 0) is 61.3 Å². The molecule has 0 saturated heterocycles. The van der Waals surface area contributed by atoms with Crippen molar-refractivity contribution < 1.29 is 4.79 Å². The maximum atomic E-state index is 12.1. The van der Waals surface area contributed by atoms with Gasteiger partial charge in [0.15, 0.2) is 0 Å². The van der Waals surface area contributed by atoms with Crippen LogP contribution in [0.15, 0.2) is 30.9 Å². The number of fused-ring (bicyclic) bond motifs is 1. The predicted octanol–water partition coefficient (Wildman–Crippen LogP) is 2.58. The zero-order valence-electron chi connectivity index (χ0n) is 16.7. The van der Waals surface area contributed by atoms with Gasteiger partial charge in [0.2, 0.25) is 0 Å². The van der Waals surface area contributed by atoms with E-state index in [9.17, 15) is 4.79 Å². The Morgan fingerprint density at radius 1 is 1.24 bits per heavy atom. The van der Waals surface area contributed by atoms with Crippen LogP contribution in [0.4, 0.5) is 0 Å². The molecule has 7 nitrogen and oxygen atoms in total. The molecule has 0 atom stereocenters. The van der Waals surface area contributed by atoms with Gasteiger partial charge in [0, 0.05) is 36.3 Å². The third-order valence-corrected chi connectivity index (χ3v) is 6.42. The van der Waals surface area contributed by atoms with Gasteiger partial charge in [0.25, 0.3) is 5.91 Å². The molecule has 0 aliphatic heterocycles. The Morgan fingerprint density at radius 3 is 2.76 bits per heavy atom. The summed E-state index contributed by atoms with van der Waals surface area (Å²) in [5.74, 6) is 1.07. The van der Waals surface area contributed by atoms with Crippen molar-refractivity contribution in [1.82, 2.24) is 24.7 Å². The Kier molecular flexibility index (Phi) is 4.01. The summed E-state index contributed by atoms with van der Waals surface area (Å²) >= 11 is 0. The average molecular weight is 388 g/mol. The van der Waals surface area contributed by atoms with Crippen LogP contribution in [0.2, 0.25) is 0 Å². The molecule has 1 fully saturated rings. The third-order valence-electron chi connectivity index (χ3n) is 6.42. The summed E-state index contributed by atoms with van der Waals surface area (Å²) in [7, 11) is 1.98. The second kappa shape index (κ2) is 6.47. The summed E-state index contributed by atoms with van der Waals surface area (Å²) in [6.07, 6.45) is 10.4. The van der Waals surface area contributed by atoms with Gasteiger partial charge in [-0.2, -0.15) is 0 Å². The molecule has 29 heavy (non-hydrogen) atoms. The molecule has 5 rings (SSSR count). The molecule has 0 radical (unpaired) electrons. The van der Waals surface area contributed by atoms with E-state index < -0.39 is 5.91 Å². The van der Waals surface area contributed by atoms with Crippen LogP contribution >= 0.6 is 0 Å². The molecule has 1 amide bonds. The zero-order valence-corrected chi connectivity index (χ0v) is 16.7. The number of aromatic nitrogens is 5. The number of aryl methyl sites for hydroxylation is 3. The molecule has 3 heterocycles. The quantitative estimate of drug-likeness (QED) is 0.740. The van der Waals surface area contributed by atoms with Crippen molar-refractivity contribution in [2.75, 3.05) is 0 Å². The van der Waals surface area contributed by atoms with Gasteiger partial charge in [0.05, 0.1) is 5.41 Å². The molecular weight excluding hydrogens is 364 g/mol. The summed E-state index contributed by atoms with van der Waals surface area (Å²) in [6, 6.07) is 4.20. The second-order valence-electron chi connectivity index (χ2n) is 8.53. The Labute approximate surface area is 169 Å². The number of nitrogens with zero attached hydrogens (tertiary/aromatic N) is 5. The third kappa shape index (κ3) is 2.75. The van der Waals surface area contributed by atoms with E-state index in [4.69, 9.17) is 5.73 Å². The Bertz CT molecular complexity index is 1110. The lowest BCUT2D eigenvalue weighted by atomic mass is 9.58. The minimum absolute atomic E-state index is 0.204. The molecule has 148 valence electrons. The molecule has 2 aliphatic rings. The highest BCUT2D eigenvalue weighted by molar-refractivity contribution is 5.98. The van der Waals surface area contributed by atoms with E-state index >= 15 is 0 Å². The minimum atomic E-state index is -0.500. The Hall–Kier alpha value is -3.09. The lowest BCUT2D eigenvalue weighted by molar-refractivity contribution is 0.0996. The predicted molar refractivity (Wildman–Crippen MR) is 108 cm³/mol. The number of hydrogen-bond acceptors (Lipinski definition) is 5. The summed E-state index contributed by atoms with van der Waals surface area (Å²) in [5.41, 5.74) is 10.8. The lowest BCUT2D eigenvalue weighted by Gasteiger charge is -2.45. The van der Waals surface area contributed by atoms with E-state index in [2.05, 4.69) is 39.2 Å². The van der Waals surface area contributed by atoms with Crippen molar-refractivity contribution in [3.8, 4) is 11.1 Å². The molecule has 3 aromatic heterocycles. The standard InChI is InChI=1S/C22H24N6O/c1-13-8-22(9-13,21-27-25-12-28(21)2)16-6-15(10-24-11-16)17-7-14-4-3-5-18(14)26-19(17)20(23)29/h6-7,10-13H,3-5,8-9H2,1-2H3,(H2,23,29). The second-order valence-corrected chi connectivity index (χ2v) is 8.53. The number of hydrogen-bond donors (Lipinski definition) is 1. The summed E-state index contributed by atoms with van der Waals surface area (Å²) in [6.45, 7) is 2.25. The maximum Gasteiger partial charge on any atom is 0.267 e. The van der Waals surface area contributed by atoms with Crippen LogP contribution in [-0.2, 0) is 25.3 Å². The first kappa shape index (κ1) is 18.0. The SMILES string of the molecule is CC1CC(c2cncc(-c3cc4c(nc3C(N)=O)CCC4)c2)(c2nncn2C)C1. The average Bonchev–Trinajstić information content (AvgIpc) is 3.32. The van der Waals surface area contributed by atoms with Crippen molar-refractivity contribution in [2.45, 2.75) is 44.4 Å². The van der Waals surface area contributed by atoms with E-state index in [0.29, 0.717) is 11.6 Å². The number of carbonyl (C=O) groups excluding carboxylic acids is 1. The van der Waals surface area contributed by atoms with Crippen LogP contribution in [0.25, 0.3) is 11.1 Å². The highest BCUT2D eigenvalue weighted by Crippen LogP contribution is 2.51. The molecular formula is C22H24N6O. The van der Waals surface area contributed by atoms with E-state index in [1.165, 1.54) is 5.56 Å². The van der Waals surface area contributed by atoms with Crippen molar-refractivity contribution in [3.63, 3.8) is 0 Å². The van der Waals surface area contributed by atoms with Crippen LogP contribution in [0.5, 0.6) is 0 Å². The van der Waals surface area contributed by atoms with Crippen LogP contribution in [0.1, 0.15) is 59.3 Å². The molecule has 0 bridgehead atoms.